The molecule has 0 aliphatic rings. The van der Waals surface area contributed by atoms with Gasteiger partial charge in [0.25, 0.3) is 5.56 Å². The number of anilines is 1. The van der Waals surface area contributed by atoms with Crippen LogP contribution in [0.2, 0.25) is 0 Å². The number of nitrogens with one attached hydrogen (secondary N) is 1. The van der Waals surface area contributed by atoms with Gasteiger partial charge in [0, 0.05) is 54.6 Å². The molecule has 2 aromatic carbocycles. The summed E-state index contributed by atoms with van der Waals surface area (Å²) in [4.78, 5) is 12.9. The first-order chi connectivity index (χ1) is 15.8. The normalized spacial score (nSPS) is 11.4. The second-order valence-corrected chi connectivity index (χ2v) is 7.42. The van der Waals surface area contributed by atoms with Gasteiger partial charge in [0.2, 0.25) is 0 Å². The van der Waals surface area contributed by atoms with Crippen LogP contribution in [-0.4, -0.2) is 27.3 Å². The van der Waals surface area contributed by atoms with E-state index >= 15 is 0 Å². The van der Waals surface area contributed by atoms with E-state index in [-0.39, 0.29) is 11.3 Å². The van der Waals surface area contributed by atoms with Gasteiger partial charge in [-0.25, -0.2) is 0 Å². The minimum Gasteiger partial charge on any atom is -0.406 e. The van der Waals surface area contributed by atoms with Gasteiger partial charge in [-0.2, -0.15) is 5.10 Å². The van der Waals surface area contributed by atoms with Crippen molar-refractivity contribution in [3.05, 3.63) is 95.2 Å². The Bertz CT molecular complexity index is 1280. The smallest absolute Gasteiger partial charge is 0.406 e. The molecular weight excluding hydrogens is 433 g/mol. The molecule has 0 fully saturated rings. The lowest BCUT2D eigenvalue weighted by molar-refractivity contribution is -0.274. The van der Waals surface area contributed by atoms with Gasteiger partial charge in [0.15, 0.2) is 0 Å². The first-order valence-corrected chi connectivity index (χ1v) is 10.2. The van der Waals surface area contributed by atoms with Gasteiger partial charge in [0.05, 0.1) is 6.20 Å². The van der Waals surface area contributed by atoms with Crippen LogP contribution in [0.3, 0.4) is 0 Å². The van der Waals surface area contributed by atoms with Crippen LogP contribution in [0.4, 0.5) is 18.9 Å². The molecule has 0 unspecified atom stereocenters. The van der Waals surface area contributed by atoms with Crippen LogP contribution < -0.4 is 15.6 Å². The molecule has 2 heterocycles. The lowest BCUT2D eigenvalue weighted by Crippen LogP contribution is -2.20. The van der Waals surface area contributed by atoms with Crippen molar-refractivity contribution < 1.29 is 17.9 Å². The molecule has 170 valence electrons. The molecule has 0 spiro atoms. The van der Waals surface area contributed by atoms with E-state index < -0.39 is 6.36 Å². The number of nitrogens with zero attached hydrogens (tertiary/aromatic N) is 3. The molecule has 9 heteroatoms. The summed E-state index contributed by atoms with van der Waals surface area (Å²) in [5, 5.41) is 7.54. The van der Waals surface area contributed by atoms with E-state index in [4.69, 9.17) is 0 Å². The molecule has 33 heavy (non-hydrogen) atoms. The number of aromatic nitrogens is 3. The van der Waals surface area contributed by atoms with Crippen molar-refractivity contribution in [2.75, 3.05) is 11.9 Å². The number of hydrogen-bond acceptors (Lipinski definition) is 4. The van der Waals surface area contributed by atoms with Gasteiger partial charge in [-0.3, -0.25) is 14.0 Å². The second-order valence-electron chi connectivity index (χ2n) is 7.42. The molecule has 1 N–H and O–H groups in total. The number of hydrogen-bond donors (Lipinski definition) is 1. The zero-order chi connectivity index (χ0) is 23.4. The molecule has 0 saturated heterocycles. The van der Waals surface area contributed by atoms with Crippen LogP contribution in [0.25, 0.3) is 16.8 Å². The summed E-state index contributed by atoms with van der Waals surface area (Å²) in [6, 6.07) is 16.6. The number of pyridine rings is 1. The van der Waals surface area contributed by atoms with Gasteiger partial charge in [-0.05, 0) is 36.2 Å². The molecule has 6 nitrogen and oxygen atoms in total. The molecular formula is C24H21F3N4O2. The van der Waals surface area contributed by atoms with Gasteiger partial charge in [-0.15, -0.1) is 13.2 Å². The van der Waals surface area contributed by atoms with Crippen molar-refractivity contribution in [1.82, 2.24) is 14.3 Å². The lowest BCUT2D eigenvalue weighted by atomic mass is 10.1. The summed E-state index contributed by atoms with van der Waals surface area (Å²) >= 11 is 0. The van der Waals surface area contributed by atoms with Gasteiger partial charge in [0.1, 0.15) is 5.75 Å². The van der Waals surface area contributed by atoms with Crippen molar-refractivity contribution in [1.29, 1.82) is 0 Å². The maximum absolute atomic E-state index is 12.9. The topological polar surface area (TPSA) is 61.1 Å². The standard InChI is InChI=1S/C24H21F3N4O2/c1-30-15-18(14-29-30)21-16-31(19-7-9-20(10-8-19)33-24(25,26)27)23(32)13-22(21)28-12-11-17-5-3-2-4-6-17/h2-10,13-16,28H,11-12H2,1H3. The third-order valence-corrected chi connectivity index (χ3v) is 4.99. The van der Waals surface area contributed by atoms with E-state index in [1.54, 1.807) is 24.1 Å². The lowest BCUT2D eigenvalue weighted by Gasteiger charge is -2.15. The van der Waals surface area contributed by atoms with Crippen LogP contribution in [0.15, 0.2) is 84.0 Å². The number of ether oxygens (including phenoxy) is 1. The highest BCUT2D eigenvalue weighted by Gasteiger charge is 2.31. The van der Waals surface area contributed by atoms with E-state index in [2.05, 4.69) is 15.2 Å². The maximum Gasteiger partial charge on any atom is 0.573 e. The Morgan fingerprint density at radius 1 is 1.03 bits per heavy atom. The monoisotopic (exact) mass is 454 g/mol. The van der Waals surface area contributed by atoms with Crippen molar-refractivity contribution in [3.63, 3.8) is 0 Å². The van der Waals surface area contributed by atoms with Crippen LogP contribution in [0.1, 0.15) is 5.56 Å². The number of halogens is 3. The molecule has 0 aliphatic carbocycles. The number of aryl methyl sites for hydroxylation is 1. The van der Waals surface area contributed by atoms with E-state index in [0.29, 0.717) is 17.9 Å². The van der Waals surface area contributed by atoms with E-state index in [1.165, 1.54) is 40.5 Å². The molecule has 0 radical (unpaired) electrons. The quantitative estimate of drug-likeness (QED) is 0.436. The van der Waals surface area contributed by atoms with E-state index in [9.17, 15) is 18.0 Å². The van der Waals surface area contributed by atoms with E-state index in [0.717, 1.165) is 17.5 Å². The van der Waals surface area contributed by atoms with Gasteiger partial charge in [-0.1, -0.05) is 30.3 Å². The Hall–Kier alpha value is -4.01. The molecule has 0 saturated carbocycles. The Morgan fingerprint density at radius 3 is 2.39 bits per heavy atom. The average molecular weight is 454 g/mol. The average Bonchev–Trinajstić information content (AvgIpc) is 3.20. The molecule has 0 atom stereocenters. The Labute approximate surface area is 187 Å². The summed E-state index contributed by atoms with van der Waals surface area (Å²) in [5.41, 5.74) is 3.45. The van der Waals surface area contributed by atoms with Crippen LogP contribution in [-0.2, 0) is 13.5 Å². The number of rotatable bonds is 7. The highest BCUT2D eigenvalue weighted by Crippen LogP contribution is 2.28. The first-order valence-electron chi connectivity index (χ1n) is 10.2. The fraction of sp³-hybridized carbons (Fsp3) is 0.167. The van der Waals surface area contributed by atoms with Gasteiger partial charge < -0.3 is 10.1 Å². The maximum atomic E-state index is 12.9. The van der Waals surface area contributed by atoms with Crippen molar-refractivity contribution in [3.8, 4) is 22.6 Å². The van der Waals surface area contributed by atoms with Crippen molar-refractivity contribution in [2.24, 2.45) is 7.05 Å². The Balaban J connectivity index is 1.64. The second kappa shape index (κ2) is 9.23. The summed E-state index contributed by atoms with van der Waals surface area (Å²) < 4.78 is 44.2. The third-order valence-electron chi connectivity index (χ3n) is 4.99. The Kier molecular flexibility index (Phi) is 6.21. The number of benzene rings is 2. The summed E-state index contributed by atoms with van der Waals surface area (Å²) in [6.45, 7) is 0.615. The molecule has 0 amide bonds. The predicted molar refractivity (Wildman–Crippen MR) is 120 cm³/mol. The molecule has 2 aromatic heterocycles. The predicted octanol–water partition coefficient (Wildman–Crippen LogP) is 4.79. The zero-order valence-electron chi connectivity index (χ0n) is 17.7. The van der Waals surface area contributed by atoms with Crippen LogP contribution >= 0.6 is 0 Å². The molecule has 4 rings (SSSR count). The molecule has 0 aliphatic heterocycles. The first kappa shape index (κ1) is 22.2. The van der Waals surface area contributed by atoms with Gasteiger partial charge >= 0.3 is 6.36 Å². The largest absolute Gasteiger partial charge is 0.573 e. The fourth-order valence-corrected chi connectivity index (χ4v) is 3.47. The third kappa shape index (κ3) is 5.62. The van der Waals surface area contributed by atoms with E-state index in [1.807, 2.05) is 36.5 Å². The zero-order valence-corrected chi connectivity index (χ0v) is 17.7. The summed E-state index contributed by atoms with van der Waals surface area (Å²) in [7, 11) is 1.79. The SMILES string of the molecule is Cn1cc(-c2cn(-c3ccc(OC(F)(F)F)cc3)c(=O)cc2NCCc2ccccc2)cn1. The number of alkyl halides is 3. The van der Waals surface area contributed by atoms with Crippen molar-refractivity contribution in [2.45, 2.75) is 12.8 Å². The van der Waals surface area contributed by atoms with Crippen LogP contribution in [0.5, 0.6) is 5.75 Å². The molecule has 4 aromatic rings. The minimum absolute atomic E-state index is 0.325. The molecule has 0 bridgehead atoms. The Morgan fingerprint density at radius 2 is 1.76 bits per heavy atom. The summed E-state index contributed by atoms with van der Waals surface area (Å²) in [6.07, 6.45) is 1.17. The highest BCUT2D eigenvalue weighted by atomic mass is 19.4. The minimum atomic E-state index is -4.78. The fourth-order valence-electron chi connectivity index (χ4n) is 3.47. The summed E-state index contributed by atoms with van der Waals surface area (Å²) in [5.74, 6) is -0.356. The highest BCUT2D eigenvalue weighted by molar-refractivity contribution is 5.76. The van der Waals surface area contributed by atoms with Crippen molar-refractivity contribution >= 4 is 5.69 Å². The van der Waals surface area contributed by atoms with Crippen LogP contribution in [0, 0.1) is 0 Å².